The van der Waals surface area contributed by atoms with E-state index in [2.05, 4.69) is 42.2 Å². The van der Waals surface area contributed by atoms with Crippen LogP contribution in [0, 0.1) is 18.3 Å². The van der Waals surface area contributed by atoms with Crippen LogP contribution in [0.25, 0.3) is 0 Å². The van der Waals surface area contributed by atoms with Crippen molar-refractivity contribution in [2.24, 2.45) is 0 Å². The average Bonchev–Trinajstić information content (AvgIpc) is 2.74. The lowest BCUT2D eigenvalue weighted by Gasteiger charge is -2.35. The number of rotatable bonds is 6. The van der Waals surface area contributed by atoms with E-state index in [4.69, 9.17) is 14.7 Å². The molecule has 0 spiro atoms. The van der Waals surface area contributed by atoms with Gasteiger partial charge in [-0.05, 0) is 30.2 Å². The summed E-state index contributed by atoms with van der Waals surface area (Å²) in [5.41, 5.74) is 3.12. The first-order valence-electron chi connectivity index (χ1n) is 9.36. The predicted octanol–water partition coefficient (Wildman–Crippen LogP) is 2.60. The highest BCUT2D eigenvalue weighted by Gasteiger charge is 2.22. The summed E-state index contributed by atoms with van der Waals surface area (Å²) < 4.78 is 10.9. The number of nitrogens with zero attached hydrogens (tertiary/aromatic N) is 3. The molecule has 1 aliphatic rings. The highest BCUT2D eigenvalue weighted by molar-refractivity contribution is 5.78. The number of aryl methyl sites for hydroxylation is 1. The second kappa shape index (κ2) is 9.25. The maximum absolute atomic E-state index is 12.5. The van der Waals surface area contributed by atoms with Gasteiger partial charge < -0.3 is 14.4 Å². The highest BCUT2D eigenvalue weighted by atomic mass is 16.5. The lowest BCUT2D eigenvalue weighted by atomic mass is 10.1. The van der Waals surface area contributed by atoms with Gasteiger partial charge in [0.25, 0.3) is 5.91 Å². The van der Waals surface area contributed by atoms with E-state index < -0.39 is 0 Å². The summed E-state index contributed by atoms with van der Waals surface area (Å²) in [5.74, 6) is 0.880. The zero-order valence-electron chi connectivity index (χ0n) is 16.4. The average molecular weight is 379 g/mol. The molecule has 6 heteroatoms. The molecule has 1 heterocycles. The number of piperazine rings is 1. The topological polar surface area (TPSA) is 65.8 Å². The van der Waals surface area contributed by atoms with E-state index in [0.29, 0.717) is 30.2 Å². The van der Waals surface area contributed by atoms with E-state index in [1.807, 2.05) is 4.90 Å². The minimum atomic E-state index is -0.0416. The van der Waals surface area contributed by atoms with Crippen LogP contribution in [-0.2, 0) is 11.3 Å². The molecule has 146 valence electrons. The van der Waals surface area contributed by atoms with Crippen LogP contribution in [0.4, 0.5) is 0 Å². The first-order chi connectivity index (χ1) is 13.6. The van der Waals surface area contributed by atoms with Gasteiger partial charge >= 0.3 is 0 Å². The fourth-order valence-electron chi connectivity index (χ4n) is 3.27. The standard InChI is InChI=1S/C22H25N3O3/c1-17-5-3-4-6-19(17)15-24-9-11-25(12-10-24)22(26)16-28-20-8-7-18(14-23)13-21(20)27-2/h3-8,13H,9-12,15-16H2,1-2H3. The number of amides is 1. The van der Waals surface area contributed by atoms with Gasteiger partial charge in [-0.25, -0.2) is 0 Å². The third kappa shape index (κ3) is 4.81. The molecule has 0 N–H and O–H groups in total. The lowest BCUT2D eigenvalue weighted by Crippen LogP contribution is -2.49. The van der Waals surface area contributed by atoms with Crippen LogP contribution in [-0.4, -0.2) is 55.6 Å². The summed E-state index contributed by atoms with van der Waals surface area (Å²) in [6, 6.07) is 15.4. The fraction of sp³-hybridized carbons (Fsp3) is 0.364. The lowest BCUT2D eigenvalue weighted by molar-refractivity contribution is -0.135. The zero-order chi connectivity index (χ0) is 19.9. The molecule has 28 heavy (non-hydrogen) atoms. The Morgan fingerprint density at radius 1 is 1.11 bits per heavy atom. The van der Waals surface area contributed by atoms with Crippen molar-refractivity contribution < 1.29 is 14.3 Å². The Balaban J connectivity index is 1.49. The molecule has 6 nitrogen and oxygen atoms in total. The molecule has 2 aromatic carbocycles. The zero-order valence-corrected chi connectivity index (χ0v) is 16.4. The maximum atomic E-state index is 12.5. The number of benzene rings is 2. The molecule has 0 unspecified atom stereocenters. The molecule has 0 atom stereocenters. The quantitative estimate of drug-likeness (QED) is 0.772. The Morgan fingerprint density at radius 3 is 2.54 bits per heavy atom. The van der Waals surface area contributed by atoms with E-state index >= 15 is 0 Å². The van der Waals surface area contributed by atoms with E-state index in [9.17, 15) is 4.79 Å². The summed E-state index contributed by atoms with van der Waals surface area (Å²) in [7, 11) is 1.51. The Bertz CT molecular complexity index is 868. The SMILES string of the molecule is COc1cc(C#N)ccc1OCC(=O)N1CCN(Cc2ccccc2C)CC1. The molecular formula is C22H25N3O3. The van der Waals surface area contributed by atoms with E-state index in [-0.39, 0.29) is 12.5 Å². The maximum Gasteiger partial charge on any atom is 0.260 e. The number of carbonyl (C=O) groups is 1. The molecule has 0 aromatic heterocycles. The molecule has 1 fully saturated rings. The summed E-state index contributed by atoms with van der Waals surface area (Å²) in [4.78, 5) is 16.7. The van der Waals surface area contributed by atoms with Crippen molar-refractivity contribution in [3.63, 3.8) is 0 Å². The van der Waals surface area contributed by atoms with Crippen LogP contribution in [0.3, 0.4) is 0 Å². The van der Waals surface area contributed by atoms with Crippen molar-refractivity contribution in [3.8, 4) is 17.6 Å². The molecule has 1 aliphatic heterocycles. The monoisotopic (exact) mass is 379 g/mol. The van der Waals surface area contributed by atoms with Crippen molar-refractivity contribution in [2.45, 2.75) is 13.5 Å². The second-order valence-electron chi connectivity index (χ2n) is 6.85. The molecule has 0 radical (unpaired) electrons. The summed E-state index contributed by atoms with van der Waals surface area (Å²) in [6.45, 7) is 6.08. The van der Waals surface area contributed by atoms with Gasteiger partial charge in [-0.2, -0.15) is 5.26 Å². The number of hydrogen-bond donors (Lipinski definition) is 0. The number of nitriles is 1. The van der Waals surface area contributed by atoms with Crippen LogP contribution in [0.5, 0.6) is 11.5 Å². The van der Waals surface area contributed by atoms with Crippen molar-refractivity contribution in [1.29, 1.82) is 5.26 Å². The molecule has 2 aromatic rings. The molecule has 0 aliphatic carbocycles. The second-order valence-corrected chi connectivity index (χ2v) is 6.85. The molecule has 0 bridgehead atoms. The van der Waals surface area contributed by atoms with E-state index in [1.165, 1.54) is 18.2 Å². The van der Waals surface area contributed by atoms with Gasteiger partial charge in [-0.15, -0.1) is 0 Å². The third-order valence-corrected chi connectivity index (χ3v) is 5.02. The summed E-state index contributed by atoms with van der Waals surface area (Å²) in [6.07, 6.45) is 0. The van der Waals surface area contributed by atoms with Crippen molar-refractivity contribution in [1.82, 2.24) is 9.80 Å². The molecule has 1 saturated heterocycles. The molecule has 3 rings (SSSR count). The smallest absolute Gasteiger partial charge is 0.260 e. The molecule has 1 amide bonds. The van der Waals surface area contributed by atoms with Gasteiger partial charge in [0.2, 0.25) is 0 Å². The first-order valence-corrected chi connectivity index (χ1v) is 9.36. The summed E-state index contributed by atoms with van der Waals surface area (Å²) in [5, 5.41) is 8.96. The summed E-state index contributed by atoms with van der Waals surface area (Å²) >= 11 is 0. The van der Waals surface area contributed by atoms with Crippen molar-refractivity contribution >= 4 is 5.91 Å². The Labute approximate surface area is 165 Å². The van der Waals surface area contributed by atoms with Gasteiger partial charge in [0, 0.05) is 38.8 Å². The van der Waals surface area contributed by atoms with Gasteiger partial charge in [0.05, 0.1) is 18.7 Å². The van der Waals surface area contributed by atoms with Gasteiger partial charge in [-0.3, -0.25) is 9.69 Å². The molecule has 0 saturated carbocycles. The van der Waals surface area contributed by atoms with Crippen LogP contribution in [0.2, 0.25) is 0 Å². The Hall–Kier alpha value is -3.04. The van der Waals surface area contributed by atoms with Crippen molar-refractivity contribution in [3.05, 3.63) is 59.2 Å². The van der Waals surface area contributed by atoms with Crippen molar-refractivity contribution in [2.75, 3.05) is 39.9 Å². The Kier molecular flexibility index (Phi) is 6.51. The highest BCUT2D eigenvalue weighted by Crippen LogP contribution is 2.27. The number of methoxy groups -OCH3 is 1. The van der Waals surface area contributed by atoms with Gasteiger partial charge in [-0.1, -0.05) is 24.3 Å². The van der Waals surface area contributed by atoms with Crippen LogP contribution in [0.15, 0.2) is 42.5 Å². The van der Waals surface area contributed by atoms with E-state index in [1.54, 1.807) is 18.2 Å². The molecular weight excluding hydrogens is 354 g/mol. The number of carbonyl (C=O) groups excluding carboxylic acids is 1. The first kappa shape index (κ1) is 19.7. The normalized spacial score (nSPS) is 14.4. The predicted molar refractivity (Wildman–Crippen MR) is 106 cm³/mol. The van der Waals surface area contributed by atoms with E-state index in [0.717, 1.165) is 19.6 Å². The Morgan fingerprint density at radius 2 is 1.86 bits per heavy atom. The van der Waals surface area contributed by atoms with Gasteiger partial charge in [0.15, 0.2) is 18.1 Å². The number of ether oxygens (including phenoxy) is 2. The third-order valence-electron chi connectivity index (χ3n) is 5.02. The minimum absolute atomic E-state index is 0.0399. The van der Waals surface area contributed by atoms with Crippen LogP contribution >= 0.6 is 0 Å². The fourth-order valence-corrected chi connectivity index (χ4v) is 3.27. The van der Waals surface area contributed by atoms with Crippen LogP contribution < -0.4 is 9.47 Å². The van der Waals surface area contributed by atoms with Gasteiger partial charge in [0.1, 0.15) is 0 Å². The van der Waals surface area contributed by atoms with Crippen LogP contribution in [0.1, 0.15) is 16.7 Å². The number of hydrogen-bond acceptors (Lipinski definition) is 5. The largest absolute Gasteiger partial charge is 0.493 e. The minimum Gasteiger partial charge on any atom is -0.493 e.